The van der Waals surface area contributed by atoms with E-state index >= 15 is 0 Å². The van der Waals surface area contributed by atoms with E-state index < -0.39 is 21.9 Å². The lowest BCUT2D eigenvalue weighted by atomic mass is 10.0. The van der Waals surface area contributed by atoms with Crippen molar-refractivity contribution in [3.63, 3.8) is 0 Å². The second-order valence-electron chi connectivity index (χ2n) is 5.16. The van der Waals surface area contributed by atoms with Crippen molar-refractivity contribution in [1.82, 2.24) is 4.72 Å². The molecule has 120 valence electrons. The van der Waals surface area contributed by atoms with Gasteiger partial charge in [0.2, 0.25) is 10.0 Å². The number of rotatable bonds is 8. The molecule has 1 heterocycles. The molecular weight excluding hydrogens is 378 g/mol. The van der Waals surface area contributed by atoms with Gasteiger partial charge in [-0.15, -0.1) is 11.3 Å². The number of hydrogen-bond donors (Lipinski definition) is 2. The summed E-state index contributed by atoms with van der Waals surface area (Å²) < 4.78 is 27.9. The van der Waals surface area contributed by atoms with E-state index in [4.69, 9.17) is 5.11 Å². The zero-order valence-electron chi connectivity index (χ0n) is 12.2. The average Bonchev–Trinajstić information content (AvgIpc) is 2.68. The Balaban J connectivity index is 2.56. The first kappa shape index (κ1) is 18.6. The second kappa shape index (κ2) is 7.71. The highest BCUT2D eigenvalue weighted by molar-refractivity contribution is 9.11. The quantitative estimate of drug-likeness (QED) is 0.703. The zero-order valence-corrected chi connectivity index (χ0v) is 15.4. The molecule has 21 heavy (non-hydrogen) atoms. The molecule has 0 saturated carbocycles. The first-order chi connectivity index (χ1) is 9.63. The fourth-order valence-electron chi connectivity index (χ4n) is 1.94. The molecule has 2 atom stereocenters. The first-order valence-corrected chi connectivity index (χ1v) is 9.74. The molecule has 1 aromatic rings. The van der Waals surface area contributed by atoms with E-state index in [0.29, 0.717) is 24.2 Å². The van der Waals surface area contributed by atoms with Crippen LogP contribution in [0.3, 0.4) is 0 Å². The van der Waals surface area contributed by atoms with Crippen LogP contribution in [0.25, 0.3) is 0 Å². The van der Waals surface area contributed by atoms with E-state index in [0.717, 1.165) is 8.66 Å². The maximum atomic E-state index is 12.3. The molecule has 2 N–H and O–H groups in total. The Hall–Kier alpha value is -0.440. The van der Waals surface area contributed by atoms with Crippen molar-refractivity contribution in [2.45, 2.75) is 51.0 Å². The minimum absolute atomic E-state index is 0.228. The molecule has 0 aromatic carbocycles. The van der Waals surface area contributed by atoms with Gasteiger partial charge in [0.15, 0.2) is 0 Å². The maximum absolute atomic E-state index is 12.3. The van der Waals surface area contributed by atoms with E-state index in [1.165, 1.54) is 11.3 Å². The molecule has 0 amide bonds. The molecular formula is C13H20BrNO4S2. The van der Waals surface area contributed by atoms with Crippen molar-refractivity contribution >= 4 is 43.3 Å². The van der Waals surface area contributed by atoms with Gasteiger partial charge in [-0.2, -0.15) is 0 Å². The van der Waals surface area contributed by atoms with Gasteiger partial charge in [0.1, 0.15) is 0 Å². The summed E-state index contributed by atoms with van der Waals surface area (Å²) in [4.78, 5) is 11.7. The van der Waals surface area contributed by atoms with Crippen LogP contribution < -0.4 is 4.72 Å². The van der Waals surface area contributed by atoms with Gasteiger partial charge in [0.25, 0.3) is 0 Å². The van der Waals surface area contributed by atoms with E-state index in [9.17, 15) is 13.2 Å². The van der Waals surface area contributed by atoms with E-state index in [-0.39, 0.29) is 6.04 Å². The lowest BCUT2D eigenvalue weighted by molar-refractivity contribution is -0.141. The number of sulfonamides is 1. The van der Waals surface area contributed by atoms with Crippen molar-refractivity contribution < 1.29 is 18.3 Å². The van der Waals surface area contributed by atoms with Crippen LogP contribution in [-0.2, 0) is 14.8 Å². The molecule has 2 unspecified atom stereocenters. The molecule has 0 aliphatic rings. The monoisotopic (exact) mass is 397 g/mol. The van der Waals surface area contributed by atoms with Crippen molar-refractivity contribution in [1.29, 1.82) is 0 Å². The van der Waals surface area contributed by atoms with Crippen molar-refractivity contribution in [2.24, 2.45) is 5.92 Å². The number of aryl methyl sites for hydroxylation is 1. The van der Waals surface area contributed by atoms with Crippen molar-refractivity contribution in [2.75, 3.05) is 0 Å². The molecule has 8 heteroatoms. The summed E-state index contributed by atoms with van der Waals surface area (Å²) in [5, 5.41) is 8.80. The van der Waals surface area contributed by atoms with Gasteiger partial charge in [-0.3, -0.25) is 4.79 Å². The third kappa shape index (κ3) is 5.69. The summed E-state index contributed by atoms with van der Waals surface area (Å²) in [5.41, 5.74) is 0. The van der Waals surface area contributed by atoms with Gasteiger partial charge in [0.05, 0.1) is 14.6 Å². The Morgan fingerprint density at radius 3 is 2.52 bits per heavy atom. The minimum atomic E-state index is -3.52. The largest absolute Gasteiger partial charge is 0.481 e. The van der Waals surface area contributed by atoms with Gasteiger partial charge in [-0.25, -0.2) is 13.1 Å². The predicted molar refractivity (Wildman–Crippen MR) is 87.2 cm³/mol. The number of carboxylic acids is 1. The van der Waals surface area contributed by atoms with Crippen LogP contribution in [0, 0.1) is 12.8 Å². The van der Waals surface area contributed by atoms with E-state index in [2.05, 4.69) is 20.7 Å². The smallest absolute Gasteiger partial charge is 0.306 e. The Kier molecular flexibility index (Phi) is 6.83. The molecule has 0 aliphatic heterocycles. The minimum Gasteiger partial charge on any atom is -0.481 e. The number of carboxylic acid groups (broad SMARTS) is 1. The van der Waals surface area contributed by atoms with Gasteiger partial charge in [-0.1, -0.05) is 13.3 Å². The fraction of sp³-hybridized carbons (Fsp3) is 0.615. The third-order valence-electron chi connectivity index (χ3n) is 3.18. The summed E-state index contributed by atoms with van der Waals surface area (Å²) in [6.45, 7) is 5.21. The summed E-state index contributed by atoms with van der Waals surface area (Å²) in [6.07, 6.45) is 1.83. The molecule has 0 saturated heterocycles. The van der Waals surface area contributed by atoms with Crippen molar-refractivity contribution in [3.8, 4) is 0 Å². The van der Waals surface area contributed by atoms with Gasteiger partial charge >= 0.3 is 5.97 Å². The number of carbonyl (C=O) groups is 1. The van der Waals surface area contributed by atoms with Gasteiger partial charge in [-0.05, 0) is 48.7 Å². The molecule has 5 nitrogen and oxygen atoms in total. The third-order valence-corrected chi connectivity index (χ3v) is 6.58. The Morgan fingerprint density at radius 1 is 1.43 bits per heavy atom. The van der Waals surface area contributed by atoms with E-state index in [1.807, 2.05) is 0 Å². The molecule has 0 radical (unpaired) electrons. The molecule has 0 aliphatic carbocycles. The number of thiophene rings is 1. The lowest BCUT2D eigenvalue weighted by Gasteiger charge is -2.14. The normalized spacial score (nSPS) is 14.9. The first-order valence-electron chi connectivity index (χ1n) is 6.64. The van der Waals surface area contributed by atoms with Crippen LogP contribution >= 0.6 is 27.3 Å². The number of hydrogen-bond acceptors (Lipinski definition) is 4. The van der Waals surface area contributed by atoms with E-state index in [1.54, 1.807) is 26.8 Å². The van der Waals surface area contributed by atoms with Crippen molar-refractivity contribution in [3.05, 3.63) is 14.7 Å². The summed E-state index contributed by atoms with van der Waals surface area (Å²) in [5.74, 6) is -1.22. The Bertz CT molecular complexity index is 597. The lowest BCUT2D eigenvalue weighted by Crippen LogP contribution is -2.32. The number of halogens is 1. The zero-order chi connectivity index (χ0) is 16.2. The summed E-state index contributed by atoms with van der Waals surface area (Å²) >= 11 is 4.66. The van der Waals surface area contributed by atoms with Gasteiger partial charge in [0, 0.05) is 10.9 Å². The maximum Gasteiger partial charge on any atom is 0.306 e. The molecule has 0 fully saturated rings. The number of nitrogens with one attached hydrogen (secondary N) is 1. The number of aliphatic carboxylic acids is 1. The highest BCUT2D eigenvalue weighted by Crippen LogP contribution is 2.29. The molecule has 1 rings (SSSR count). The van der Waals surface area contributed by atoms with Crippen LogP contribution in [0.15, 0.2) is 14.7 Å². The highest BCUT2D eigenvalue weighted by atomic mass is 79.9. The average molecular weight is 398 g/mol. The van der Waals surface area contributed by atoms with Crippen LogP contribution in [0.1, 0.15) is 38.0 Å². The van der Waals surface area contributed by atoms with Crippen LogP contribution in [0.5, 0.6) is 0 Å². The topological polar surface area (TPSA) is 83.5 Å². The van der Waals surface area contributed by atoms with Crippen LogP contribution in [0.4, 0.5) is 0 Å². The summed E-state index contributed by atoms with van der Waals surface area (Å²) in [7, 11) is -3.52. The van der Waals surface area contributed by atoms with Crippen LogP contribution in [-0.4, -0.2) is 25.5 Å². The molecule has 0 spiro atoms. The Morgan fingerprint density at radius 2 is 2.05 bits per heavy atom. The van der Waals surface area contributed by atoms with Gasteiger partial charge < -0.3 is 5.11 Å². The second-order valence-corrected chi connectivity index (χ2v) is 9.48. The Labute approximate surface area is 137 Å². The molecule has 1 aromatic heterocycles. The fourth-order valence-corrected chi connectivity index (χ4v) is 5.63. The predicted octanol–water partition coefficient (Wildman–Crippen LogP) is 3.38. The standard InChI is InChI=1S/C13H20BrNO4S2/c1-8(13(16)17)5-4-6-9(2)15-21(18,19)11-7-12(14)20-10(11)3/h7-9,15H,4-6H2,1-3H3,(H,16,17). The SMILES string of the molecule is Cc1sc(Br)cc1S(=O)(=O)NC(C)CCCC(C)C(=O)O. The molecule has 0 bridgehead atoms. The highest BCUT2D eigenvalue weighted by Gasteiger charge is 2.21. The van der Waals surface area contributed by atoms with Crippen LogP contribution in [0.2, 0.25) is 0 Å². The summed E-state index contributed by atoms with van der Waals surface area (Å²) in [6, 6.07) is 1.37.